The van der Waals surface area contributed by atoms with Crippen LogP contribution in [0.5, 0.6) is 0 Å². The van der Waals surface area contributed by atoms with E-state index in [2.05, 4.69) is 10.2 Å². The van der Waals surface area contributed by atoms with Gasteiger partial charge in [-0.05, 0) is 39.2 Å². The van der Waals surface area contributed by atoms with Crippen molar-refractivity contribution in [2.45, 2.75) is 39.7 Å². The molecule has 7 nitrogen and oxygen atoms in total. The summed E-state index contributed by atoms with van der Waals surface area (Å²) in [7, 11) is 0. The summed E-state index contributed by atoms with van der Waals surface area (Å²) in [4.78, 5) is 26.2. The number of halogens is 1. The van der Waals surface area contributed by atoms with Crippen LogP contribution >= 0.6 is 11.6 Å². The summed E-state index contributed by atoms with van der Waals surface area (Å²) in [5, 5.41) is 9.19. The van der Waals surface area contributed by atoms with E-state index in [-0.39, 0.29) is 18.0 Å². The first-order valence-corrected chi connectivity index (χ1v) is 8.43. The van der Waals surface area contributed by atoms with Gasteiger partial charge in [-0.2, -0.15) is 5.10 Å². The Balaban J connectivity index is 1.87. The molecule has 24 heavy (non-hydrogen) atoms. The van der Waals surface area contributed by atoms with Crippen LogP contribution in [0, 0.1) is 13.8 Å². The molecule has 1 aliphatic rings. The molecule has 2 aromatic rings. The minimum atomic E-state index is -0.309. The maximum Gasteiger partial charge on any atom is 0.267 e. The van der Waals surface area contributed by atoms with Crippen molar-refractivity contribution in [1.82, 2.24) is 24.5 Å². The molecule has 0 aliphatic carbocycles. The van der Waals surface area contributed by atoms with E-state index in [9.17, 15) is 9.59 Å². The number of hydrogen-bond donors (Lipinski definition) is 0. The van der Waals surface area contributed by atoms with E-state index in [4.69, 9.17) is 11.6 Å². The zero-order chi connectivity index (χ0) is 17.3. The van der Waals surface area contributed by atoms with Crippen LogP contribution in [0.4, 0.5) is 0 Å². The van der Waals surface area contributed by atoms with Gasteiger partial charge in [0.15, 0.2) is 5.82 Å². The Kier molecular flexibility index (Phi) is 4.71. The van der Waals surface area contributed by atoms with Gasteiger partial charge < -0.3 is 4.90 Å². The molecule has 0 radical (unpaired) electrons. The number of hydrogen-bond acceptors (Lipinski definition) is 4. The van der Waals surface area contributed by atoms with Gasteiger partial charge in [-0.15, -0.1) is 5.10 Å². The van der Waals surface area contributed by atoms with Crippen molar-refractivity contribution in [2.24, 2.45) is 0 Å². The molecule has 1 amide bonds. The lowest BCUT2D eigenvalue weighted by molar-refractivity contribution is -0.133. The number of carbonyl (C=O) groups excluding carboxylic acids is 1. The maximum absolute atomic E-state index is 12.4. The van der Waals surface area contributed by atoms with Gasteiger partial charge in [0.25, 0.3) is 5.56 Å². The van der Waals surface area contributed by atoms with Gasteiger partial charge in [-0.3, -0.25) is 9.59 Å². The summed E-state index contributed by atoms with van der Waals surface area (Å²) < 4.78 is 2.77. The van der Waals surface area contributed by atoms with Gasteiger partial charge in [0.2, 0.25) is 5.91 Å². The van der Waals surface area contributed by atoms with Crippen LogP contribution in [-0.4, -0.2) is 43.5 Å². The van der Waals surface area contributed by atoms with Crippen molar-refractivity contribution in [2.75, 3.05) is 13.1 Å². The summed E-state index contributed by atoms with van der Waals surface area (Å²) in [6.45, 7) is 5.08. The van der Waals surface area contributed by atoms with Crippen molar-refractivity contribution < 1.29 is 4.79 Å². The van der Waals surface area contributed by atoms with E-state index in [1.165, 1.54) is 10.7 Å². The van der Waals surface area contributed by atoms with Crippen molar-refractivity contribution in [3.05, 3.63) is 38.9 Å². The van der Waals surface area contributed by atoms with Gasteiger partial charge in [-0.25, -0.2) is 9.36 Å². The quantitative estimate of drug-likeness (QED) is 0.845. The highest BCUT2D eigenvalue weighted by Crippen LogP contribution is 2.21. The summed E-state index contributed by atoms with van der Waals surface area (Å²) >= 11 is 6.16. The van der Waals surface area contributed by atoms with Gasteiger partial charge >= 0.3 is 0 Å². The Bertz CT molecular complexity index is 820. The van der Waals surface area contributed by atoms with Gasteiger partial charge in [0.05, 0.1) is 16.4 Å². The fraction of sp³-hybridized carbons (Fsp3) is 0.500. The fourth-order valence-electron chi connectivity index (χ4n) is 2.88. The molecule has 128 valence electrons. The highest BCUT2D eigenvalue weighted by molar-refractivity contribution is 6.31. The molecule has 0 atom stereocenters. The number of nitrogens with zero attached hydrogens (tertiary/aromatic N) is 5. The van der Waals surface area contributed by atoms with Crippen LogP contribution in [-0.2, 0) is 11.3 Å². The van der Waals surface area contributed by atoms with E-state index in [0.717, 1.165) is 38.0 Å². The second kappa shape index (κ2) is 6.76. The normalized spacial score (nSPS) is 14.9. The number of likely N-dealkylation sites (tertiary alicyclic amines) is 1. The molecule has 0 saturated carbocycles. The average Bonchev–Trinajstić information content (AvgIpc) is 2.85. The third-order valence-corrected chi connectivity index (χ3v) is 4.81. The summed E-state index contributed by atoms with van der Waals surface area (Å²) in [6.07, 6.45) is 3.17. The number of carbonyl (C=O) groups is 1. The second-order valence-corrected chi connectivity index (χ2v) is 6.40. The number of aryl methyl sites for hydroxylation is 1. The molecule has 1 aliphatic heterocycles. The van der Waals surface area contributed by atoms with Gasteiger partial charge in [0, 0.05) is 19.2 Å². The SMILES string of the molecule is Cc1nn(-c2ccc(=O)n(CC(=O)N3CCCCC3)n2)c(C)c1Cl. The highest BCUT2D eigenvalue weighted by Gasteiger charge is 2.18. The molecule has 3 heterocycles. The molecule has 0 aromatic carbocycles. The number of rotatable bonds is 3. The van der Waals surface area contributed by atoms with Crippen LogP contribution in [0.1, 0.15) is 30.7 Å². The topological polar surface area (TPSA) is 73.0 Å². The van der Waals surface area contributed by atoms with E-state index in [1.807, 2.05) is 13.8 Å². The highest BCUT2D eigenvalue weighted by atomic mass is 35.5. The molecule has 1 saturated heterocycles. The van der Waals surface area contributed by atoms with Crippen LogP contribution in [0.15, 0.2) is 16.9 Å². The van der Waals surface area contributed by atoms with Crippen molar-refractivity contribution in [3.8, 4) is 5.82 Å². The molecule has 2 aromatic heterocycles. The molecule has 8 heteroatoms. The lowest BCUT2D eigenvalue weighted by atomic mass is 10.1. The third kappa shape index (κ3) is 3.21. The molecule has 3 rings (SSSR count). The fourth-order valence-corrected chi connectivity index (χ4v) is 3.00. The van der Waals surface area contributed by atoms with Crippen LogP contribution < -0.4 is 5.56 Å². The number of aromatic nitrogens is 4. The first-order chi connectivity index (χ1) is 11.5. The molecular formula is C16H20ClN5O2. The molecule has 1 fully saturated rings. The Labute approximate surface area is 144 Å². The first kappa shape index (κ1) is 16.7. The number of piperidine rings is 1. The number of amides is 1. The van der Waals surface area contributed by atoms with Gasteiger partial charge in [-0.1, -0.05) is 11.6 Å². The largest absolute Gasteiger partial charge is 0.341 e. The van der Waals surface area contributed by atoms with E-state index in [0.29, 0.717) is 16.5 Å². The van der Waals surface area contributed by atoms with E-state index < -0.39 is 0 Å². The molecule has 0 N–H and O–H groups in total. The zero-order valence-corrected chi connectivity index (χ0v) is 14.6. The maximum atomic E-state index is 12.4. The molecule has 0 bridgehead atoms. The minimum absolute atomic E-state index is 0.0558. The predicted octanol–water partition coefficient (Wildman–Crippen LogP) is 1.71. The van der Waals surface area contributed by atoms with Crippen molar-refractivity contribution >= 4 is 17.5 Å². The van der Waals surface area contributed by atoms with E-state index >= 15 is 0 Å². The Morgan fingerprint density at radius 2 is 1.88 bits per heavy atom. The second-order valence-electron chi connectivity index (χ2n) is 6.03. The lowest BCUT2D eigenvalue weighted by Gasteiger charge is -2.26. The Morgan fingerprint density at radius 1 is 1.17 bits per heavy atom. The van der Waals surface area contributed by atoms with Gasteiger partial charge in [0.1, 0.15) is 6.54 Å². The average molecular weight is 350 g/mol. The minimum Gasteiger partial charge on any atom is -0.341 e. The lowest BCUT2D eigenvalue weighted by Crippen LogP contribution is -2.40. The predicted molar refractivity (Wildman–Crippen MR) is 90.5 cm³/mol. The Morgan fingerprint density at radius 3 is 2.50 bits per heavy atom. The van der Waals surface area contributed by atoms with Crippen LogP contribution in [0.3, 0.4) is 0 Å². The van der Waals surface area contributed by atoms with Crippen LogP contribution in [0.25, 0.3) is 5.82 Å². The standard InChI is InChI=1S/C16H20ClN5O2/c1-11-16(17)12(2)22(18-11)13-6-7-14(23)21(19-13)10-15(24)20-8-4-3-5-9-20/h6-7H,3-5,8-10H2,1-2H3. The van der Waals surface area contributed by atoms with Crippen molar-refractivity contribution in [1.29, 1.82) is 0 Å². The van der Waals surface area contributed by atoms with Crippen LogP contribution in [0.2, 0.25) is 5.02 Å². The Hall–Kier alpha value is -2.15. The summed E-state index contributed by atoms with van der Waals surface area (Å²) in [6, 6.07) is 2.98. The third-order valence-electron chi connectivity index (χ3n) is 4.27. The molecular weight excluding hydrogens is 330 g/mol. The first-order valence-electron chi connectivity index (χ1n) is 8.05. The summed E-state index contributed by atoms with van der Waals surface area (Å²) in [5.74, 6) is 0.390. The smallest absolute Gasteiger partial charge is 0.267 e. The molecule has 0 spiro atoms. The van der Waals surface area contributed by atoms with Crippen molar-refractivity contribution in [3.63, 3.8) is 0 Å². The molecule has 0 unspecified atom stereocenters. The summed E-state index contributed by atoms with van der Waals surface area (Å²) in [5.41, 5.74) is 1.13. The monoisotopic (exact) mass is 349 g/mol. The van der Waals surface area contributed by atoms with E-state index in [1.54, 1.807) is 15.6 Å². The zero-order valence-electron chi connectivity index (χ0n) is 13.8.